The molecule has 3 aromatic rings. The van der Waals surface area contributed by atoms with Crippen molar-refractivity contribution in [2.75, 3.05) is 26.2 Å². The van der Waals surface area contributed by atoms with Crippen LogP contribution in [-0.2, 0) is 11.3 Å². The van der Waals surface area contributed by atoms with E-state index in [4.69, 9.17) is 4.74 Å². The number of ether oxygens (including phenoxy) is 1. The van der Waals surface area contributed by atoms with Crippen molar-refractivity contribution in [2.24, 2.45) is 0 Å². The number of aromatic nitrogens is 5. The minimum absolute atomic E-state index is 0.289. The van der Waals surface area contributed by atoms with Crippen LogP contribution in [0.3, 0.4) is 0 Å². The van der Waals surface area contributed by atoms with Crippen molar-refractivity contribution in [3.05, 3.63) is 35.9 Å². The number of carbonyl (C=O) groups is 1. The van der Waals surface area contributed by atoms with Gasteiger partial charge in [-0.25, -0.2) is 24.7 Å². The van der Waals surface area contributed by atoms with Gasteiger partial charge in [-0.1, -0.05) is 0 Å². The number of hydrogen-bond acceptors (Lipinski definition) is 7. The lowest BCUT2D eigenvalue weighted by Gasteiger charge is -2.35. The van der Waals surface area contributed by atoms with E-state index >= 15 is 0 Å². The molecule has 0 radical (unpaired) electrons. The van der Waals surface area contributed by atoms with Gasteiger partial charge in [0.25, 0.3) is 0 Å². The highest BCUT2D eigenvalue weighted by Crippen LogP contribution is 2.32. The molecule has 3 aromatic heterocycles. The molecule has 0 spiro atoms. The Morgan fingerprint density at radius 2 is 1.94 bits per heavy atom. The highest BCUT2D eigenvalue weighted by atomic mass is 127. The Balaban J connectivity index is 1.51. The molecule has 1 saturated heterocycles. The largest absolute Gasteiger partial charge is 0.444 e. The van der Waals surface area contributed by atoms with Crippen LogP contribution in [0.2, 0.25) is 0 Å². The second-order valence-electron chi connectivity index (χ2n) is 8.92. The van der Waals surface area contributed by atoms with E-state index in [0.717, 1.165) is 5.56 Å². The Bertz CT molecular complexity index is 1180. The standard InChI is InChI=1S/C21H26FIN7O2P/c1-13-26-16(17-19(27-13)30(33-23)12-25-17)15-9-14(10-24-18(15)22)11-28-5-7-29(8-6-28)20(31)32-21(2,3)4/h9-10,12,33H,5-8,11H2,1-4H3. The second-order valence-corrected chi connectivity index (χ2v) is 11.0. The fourth-order valence-electron chi connectivity index (χ4n) is 3.68. The summed E-state index contributed by atoms with van der Waals surface area (Å²) in [5.41, 5.74) is 2.38. The van der Waals surface area contributed by atoms with Gasteiger partial charge in [-0.2, -0.15) is 4.39 Å². The summed E-state index contributed by atoms with van der Waals surface area (Å²) in [6.07, 6.45) is 3.39. The van der Waals surface area contributed by atoms with Gasteiger partial charge >= 0.3 is 6.09 Å². The third-order valence-corrected chi connectivity index (χ3v) is 7.25. The Labute approximate surface area is 206 Å². The van der Waals surface area contributed by atoms with Crippen molar-refractivity contribution in [3.8, 4) is 11.3 Å². The van der Waals surface area contributed by atoms with Crippen molar-refractivity contribution < 1.29 is 13.9 Å². The highest BCUT2D eigenvalue weighted by molar-refractivity contribution is 14.2. The van der Waals surface area contributed by atoms with E-state index < -0.39 is 11.5 Å². The second kappa shape index (κ2) is 9.71. The van der Waals surface area contributed by atoms with Crippen LogP contribution in [0.1, 0.15) is 32.2 Å². The van der Waals surface area contributed by atoms with Crippen molar-refractivity contribution >= 4 is 45.7 Å². The van der Waals surface area contributed by atoms with Crippen LogP contribution in [0.15, 0.2) is 18.6 Å². The number of halogens is 2. The van der Waals surface area contributed by atoms with Crippen LogP contribution in [0.4, 0.5) is 9.18 Å². The van der Waals surface area contributed by atoms with Crippen LogP contribution in [-0.4, -0.2) is 71.9 Å². The highest BCUT2D eigenvalue weighted by Gasteiger charge is 2.26. The number of piperazine rings is 1. The molecule has 0 bridgehead atoms. The zero-order valence-corrected chi connectivity index (χ0v) is 22.1. The fraction of sp³-hybridized carbons (Fsp3) is 0.476. The number of nitrogens with zero attached hydrogens (tertiary/aromatic N) is 7. The molecule has 12 heteroatoms. The number of pyridine rings is 1. The smallest absolute Gasteiger partial charge is 0.410 e. The van der Waals surface area contributed by atoms with Crippen LogP contribution in [0.25, 0.3) is 22.4 Å². The number of fused-ring (bicyclic) bond motifs is 1. The lowest BCUT2D eigenvalue weighted by molar-refractivity contribution is 0.0139. The minimum Gasteiger partial charge on any atom is -0.444 e. The molecule has 1 fully saturated rings. The predicted molar refractivity (Wildman–Crippen MR) is 134 cm³/mol. The van der Waals surface area contributed by atoms with E-state index in [2.05, 4.69) is 46.9 Å². The lowest BCUT2D eigenvalue weighted by atomic mass is 10.1. The molecule has 0 aliphatic carbocycles. The molecule has 1 atom stereocenters. The van der Waals surface area contributed by atoms with Gasteiger partial charge in [-0.3, -0.25) is 9.24 Å². The molecule has 4 rings (SSSR count). The van der Waals surface area contributed by atoms with Gasteiger partial charge in [-0.15, -0.1) is 0 Å². The summed E-state index contributed by atoms with van der Waals surface area (Å²) in [6, 6.07) is 1.79. The zero-order valence-electron chi connectivity index (χ0n) is 19.0. The van der Waals surface area contributed by atoms with Gasteiger partial charge in [0.05, 0.1) is 11.9 Å². The first-order valence-corrected chi connectivity index (χ1v) is 14.6. The molecule has 4 heterocycles. The zero-order chi connectivity index (χ0) is 23.8. The number of rotatable bonds is 4. The van der Waals surface area contributed by atoms with E-state index in [1.807, 2.05) is 25.1 Å². The van der Waals surface area contributed by atoms with E-state index in [1.165, 1.54) is 0 Å². The number of imidazole rings is 1. The Hall–Kier alpha value is -1.98. The summed E-state index contributed by atoms with van der Waals surface area (Å²) < 4.78 is 22.2. The summed E-state index contributed by atoms with van der Waals surface area (Å²) in [5.74, 6) is -0.0312. The molecule has 0 N–H and O–H groups in total. The van der Waals surface area contributed by atoms with E-state index in [-0.39, 0.29) is 6.09 Å². The Morgan fingerprint density at radius 3 is 2.61 bits per heavy atom. The summed E-state index contributed by atoms with van der Waals surface area (Å²) in [6.45, 7) is 10.5. The van der Waals surface area contributed by atoms with Crippen molar-refractivity contribution in [1.82, 2.24) is 34.1 Å². The van der Waals surface area contributed by atoms with Gasteiger partial charge in [0.2, 0.25) is 5.95 Å². The Kier molecular flexibility index (Phi) is 7.11. The van der Waals surface area contributed by atoms with E-state index in [9.17, 15) is 9.18 Å². The molecule has 1 unspecified atom stereocenters. The molecule has 0 aromatic carbocycles. The maximum atomic E-state index is 14.8. The van der Waals surface area contributed by atoms with Crippen molar-refractivity contribution in [2.45, 2.75) is 39.8 Å². The first kappa shape index (κ1) is 24.2. The number of hydrogen-bond donors (Lipinski definition) is 0. The lowest BCUT2D eigenvalue weighted by Crippen LogP contribution is -2.49. The number of amides is 1. The normalized spacial score (nSPS) is 15.6. The fourth-order valence-corrected chi connectivity index (χ4v) is 5.07. The monoisotopic (exact) mass is 585 g/mol. The van der Waals surface area contributed by atoms with Gasteiger partial charge in [0.1, 0.15) is 29.0 Å². The maximum absolute atomic E-state index is 14.8. The minimum atomic E-state index is -0.584. The van der Waals surface area contributed by atoms with Gasteiger partial charge in [-0.05, 0) is 61.4 Å². The van der Waals surface area contributed by atoms with Gasteiger partial charge < -0.3 is 9.64 Å². The van der Waals surface area contributed by atoms with E-state index in [0.29, 0.717) is 67.3 Å². The molecule has 1 amide bonds. The van der Waals surface area contributed by atoms with Crippen LogP contribution >= 0.6 is 28.4 Å². The van der Waals surface area contributed by atoms with Crippen LogP contribution in [0.5, 0.6) is 0 Å². The molecule has 1 aliphatic rings. The van der Waals surface area contributed by atoms with Crippen LogP contribution < -0.4 is 0 Å². The number of carbonyl (C=O) groups excluding carboxylic acids is 1. The maximum Gasteiger partial charge on any atom is 0.410 e. The third-order valence-electron chi connectivity index (χ3n) is 5.18. The topological polar surface area (TPSA) is 89.3 Å². The summed E-state index contributed by atoms with van der Waals surface area (Å²) in [7, 11) is 0. The first-order valence-electron chi connectivity index (χ1n) is 10.6. The Morgan fingerprint density at radius 1 is 1.21 bits per heavy atom. The molecule has 1 aliphatic heterocycles. The SMILES string of the molecule is Cc1nc(-c2cc(CN3CCN(C(=O)OC(C)(C)C)CC3)cnc2F)c2ncn(PI)c2n1. The summed E-state index contributed by atoms with van der Waals surface area (Å²) in [5, 5.41) is 0. The molecular formula is C21H26FIN7O2P. The number of aryl methyl sites for hydroxylation is 1. The molecule has 33 heavy (non-hydrogen) atoms. The quantitative estimate of drug-likeness (QED) is 0.258. The molecular weight excluding hydrogens is 559 g/mol. The van der Waals surface area contributed by atoms with Crippen molar-refractivity contribution in [1.29, 1.82) is 0 Å². The average molecular weight is 585 g/mol. The average Bonchev–Trinajstić information content (AvgIpc) is 3.16. The summed E-state index contributed by atoms with van der Waals surface area (Å²) in [4.78, 5) is 33.6. The van der Waals surface area contributed by atoms with Crippen LogP contribution in [0, 0.1) is 12.9 Å². The molecule has 9 nitrogen and oxygen atoms in total. The van der Waals surface area contributed by atoms with Gasteiger partial charge in [0, 0.05) is 38.9 Å². The predicted octanol–water partition coefficient (Wildman–Crippen LogP) is 4.18. The third kappa shape index (κ3) is 5.58. The first-order chi connectivity index (χ1) is 15.6. The molecule has 176 valence electrons. The van der Waals surface area contributed by atoms with Crippen molar-refractivity contribution in [3.63, 3.8) is 0 Å². The van der Waals surface area contributed by atoms with Gasteiger partial charge in [0.15, 0.2) is 5.65 Å². The molecule has 0 saturated carbocycles. The summed E-state index contributed by atoms with van der Waals surface area (Å²) >= 11 is 2.26. The van der Waals surface area contributed by atoms with E-state index in [1.54, 1.807) is 30.4 Å².